The van der Waals surface area contributed by atoms with Crippen LogP contribution in [0, 0.1) is 0 Å². The van der Waals surface area contributed by atoms with Gasteiger partial charge in [0.1, 0.15) is 17.2 Å². The molecule has 9 nitrogen and oxygen atoms in total. The molecule has 0 aliphatic heterocycles. The lowest BCUT2D eigenvalue weighted by atomic mass is 10.1. The first-order chi connectivity index (χ1) is 13.6. The molecule has 172 valence electrons. The molecule has 0 fully saturated rings. The number of rotatable bonds is 7. The van der Waals surface area contributed by atoms with Gasteiger partial charge < -0.3 is 19.9 Å². The van der Waals surface area contributed by atoms with E-state index < -0.39 is 35.4 Å². The maximum Gasteiger partial charge on any atom is 0.420 e. The van der Waals surface area contributed by atoms with Gasteiger partial charge in [-0.15, -0.1) is 0 Å². The van der Waals surface area contributed by atoms with Crippen molar-refractivity contribution < 1.29 is 28.6 Å². The largest absolute Gasteiger partial charge is 0.467 e. The predicted molar refractivity (Wildman–Crippen MR) is 115 cm³/mol. The Labute approximate surface area is 179 Å². The molecular weight excluding hydrogens is 390 g/mol. The summed E-state index contributed by atoms with van der Waals surface area (Å²) in [5, 5.41) is 0. The summed E-state index contributed by atoms with van der Waals surface area (Å²) in [7, 11) is 1.19. The van der Waals surface area contributed by atoms with E-state index in [4.69, 9.17) is 19.9 Å². The minimum Gasteiger partial charge on any atom is -0.467 e. The van der Waals surface area contributed by atoms with Gasteiger partial charge in [0.05, 0.1) is 19.5 Å². The van der Waals surface area contributed by atoms with Crippen LogP contribution >= 0.6 is 0 Å². The molecule has 0 radical (unpaired) electrons. The lowest BCUT2D eigenvalue weighted by Crippen LogP contribution is -2.52. The number of hydrogen-bond donors (Lipinski definition) is 1. The number of aliphatic imine (C=N–C) groups is 1. The molecule has 0 rings (SSSR count). The van der Waals surface area contributed by atoms with Crippen LogP contribution in [-0.2, 0) is 19.0 Å². The number of nitrogens with two attached hydrogens (primary N) is 1. The molecule has 9 heteroatoms. The number of ether oxygens (including phenoxy) is 3. The van der Waals surface area contributed by atoms with Gasteiger partial charge in [0.15, 0.2) is 0 Å². The van der Waals surface area contributed by atoms with Crippen LogP contribution in [0.2, 0.25) is 0 Å². The van der Waals surface area contributed by atoms with E-state index in [-0.39, 0.29) is 6.42 Å². The number of esters is 1. The molecule has 2 N–H and O–H groups in total. The summed E-state index contributed by atoms with van der Waals surface area (Å²) in [5.41, 5.74) is 4.73. The lowest BCUT2D eigenvalue weighted by Gasteiger charge is -2.32. The summed E-state index contributed by atoms with van der Waals surface area (Å²) in [4.78, 5) is 42.8. The molecule has 0 heterocycles. The number of amides is 2. The van der Waals surface area contributed by atoms with Gasteiger partial charge in [0.2, 0.25) is 0 Å². The summed E-state index contributed by atoms with van der Waals surface area (Å²) < 4.78 is 15.5. The maximum atomic E-state index is 12.8. The zero-order valence-corrected chi connectivity index (χ0v) is 19.7. The van der Waals surface area contributed by atoms with Gasteiger partial charge in [-0.05, 0) is 68.2 Å². The van der Waals surface area contributed by atoms with E-state index >= 15 is 0 Å². The molecule has 0 saturated carbocycles. The molecule has 0 spiro atoms. The van der Waals surface area contributed by atoms with Crippen LogP contribution in [0.4, 0.5) is 9.59 Å². The minimum absolute atomic E-state index is 0.133. The van der Waals surface area contributed by atoms with E-state index in [0.29, 0.717) is 23.7 Å². The summed E-state index contributed by atoms with van der Waals surface area (Å²) in [6.07, 6.45) is 0.443. The van der Waals surface area contributed by atoms with Crippen LogP contribution in [0.25, 0.3) is 0 Å². The molecule has 0 aromatic rings. The second-order valence-corrected chi connectivity index (χ2v) is 8.96. The fraction of sp³-hybridized carbons (Fsp3) is 0.714. The van der Waals surface area contributed by atoms with E-state index in [1.54, 1.807) is 48.5 Å². The van der Waals surface area contributed by atoms with Crippen LogP contribution in [0.15, 0.2) is 16.6 Å². The van der Waals surface area contributed by atoms with E-state index in [1.165, 1.54) is 7.11 Å². The monoisotopic (exact) mass is 427 g/mol. The van der Waals surface area contributed by atoms with Crippen LogP contribution in [0.3, 0.4) is 0 Å². The molecule has 1 atom stereocenters. The molecule has 0 bridgehead atoms. The lowest BCUT2D eigenvalue weighted by molar-refractivity contribution is -0.146. The molecule has 0 aromatic heterocycles. The number of amidine groups is 1. The van der Waals surface area contributed by atoms with Gasteiger partial charge in [0.25, 0.3) is 0 Å². The third-order valence-corrected chi connectivity index (χ3v) is 3.48. The van der Waals surface area contributed by atoms with Gasteiger partial charge >= 0.3 is 18.2 Å². The van der Waals surface area contributed by atoms with Crippen LogP contribution in [-0.4, -0.2) is 59.8 Å². The molecular formula is C21H37N3O6. The summed E-state index contributed by atoms with van der Waals surface area (Å²) >= 11 is 0. The Hall–Kier alpha value is -2.58. The summed E-state index contributed by atoms with van der Waals surface area (Å²) in [5.74, 6) is -0.273. The average molecular weight is 428 g/mol. The van der Waals surface area contributed by atoms with Gasteiger partial charge in [0, 0.05) is 0 Å². The number of methoxy groups -OCH3 is 1. The predicted octanol–water partition coefficient (Wildman–Crippen LogP) is 3.80. The third-order valence-electron chi connectivity index (χ3n) is 3.48. The molecule has 1 unspecified atom stereocenters. The number of carbonyl (C=O) groups excluding carboxylic acids is 3. The topological polar surface area (TPSA) is 121 Å². The standard InChI is InChI=1S/C21H37N3O6/c1-14(13-23-15(2)22)11-10-12-16(17(25)28-9)24(18(26)29-20(3,4)5)19(27)30-21(6,7)8/h11,16H,10,12-13H2,1-9H3,(H2,22,23)/b14-11+. The number of carbonyl (C=O) groups is 3. The second-order valence-electron chi connectivity index (χ2n) is 8.96. The average Bonchev–Trinajstić information content (AvgIpc) is 2.54. The third kappa shape index (κ3) is 11.4. The highest BCUT2D eigenvalue weighted by atomic mass is 16.6. The van der Waals surface area contributed by atoms with Crippen molar-refractivity contribution in [3.05, 3.63) is 11.6 Å². The number of imide groups is 1. The SMILES string of the molecule is COC(=O)C(CC/C=C(\C)CN=C(C)N)N(C(=O)OC(C)(C)C)C(=O)OC(C)(C)C. The molecule has 30 heavy (non-hydrogen) atoms. The van der Waals surface area contributed by atoms with Gasteiger partial charge in [-0.1, -0.05) is 11.6 Å². The smallest absolute Gasteiger partial charge is 0.420 e. The fourth-order valence-corrected chi connectivity index (χ4v) is 2.24. The Morgan fingerprint density at radius 3 is 1.83 bits per heavy atom. The first-order valence-electron chi connectivity index (χ1n) is 9.82. The zero-order valence-electron chi connectivity index (χ0n) is 19.7. The highest BCUT2D eigenvalue weighted by Crippen LogP contribution is 2.20. The summed E-state index contributed by atoms with van der Waals surface area (Å²) in [6, 6.07) is -1.21. The van der Waals surface area contributed by atoms with Crippen molar-refractivity contribution in [2.45, 2.75) is 85.5 Å². The number of hydrogen-bond acceptors (Lipinski definition) is 7. The van der Waals surface area contributed by atoms with Crippen molar-refractivity contribution in [2.24, 2.45) is 10.7 Å². The van der Waals surface area contributed by atoms with Gasteiger partial charge in [-0.25, -0.2) is 14.4 Å². The van der Waals surface area contributed by atoms with Crippen LogP contribution in [0.5, 0.6) is 0 Å². The second kappa shape index (κ2) is 11.6. The van der Waals surface area contributed by atoms with Crippen LogP contribution < -0.4 is 5.73 Å². The Morgan fingerprint density at radius 1 is 1.00 bits per heavy atom. The Bertz CT molecular complexity index is 639. The Kier molecular flexibility index (Phi) is 10.6. The first kappa shape index (κ1) is 27.4. The van der Waals surface area contributed by atoms with E-state index in [2.05, 4.69) is 4.99 Å². The van der Waals surface area contributed by atoms with Crippen molar-refractivity contribution in [3.8, 4) is 0 Å². The normalized spacial score (nSPS) is 14.0. The van der Waals surface area contributed by atoms with E-state index in [1.807, 2.05) is 13.0 Å². The molecule has 0 aliphatic carbocycles. The molecule has 2 amide bonds. The molecule has 0 saturated heterocycles. The highest BCUT2D eigenvalue weighted by Gasteiger charge is 2.40. The van der Waals surface area contributed by atoms with Crippen molar-refractivity contribution in [1.82, 2.24) is 4.90 Å². The van der Waals surface area contributed by atoms with Gasteiger partial charge in [-0.3, -0.25) is 4.99 Å². The number of nitrogens with zero attached hydrogens (tertiary/aromatic N) is 2. The highest BCUT2D eigenvalue weighted by molar-refractivity contribution is 5.94. The minimum atomic E-state index is -1.21. The number of allylic oxidation sites excluding steroid dienone is 1. The molecule has 0 aromatic carbocycles. The first-order valence-corrected chi connectivity index (χ1v) is 9.82. The van der Waals surface area contributed by atoms with Crippen molar-refractivity contribution in [3.63, 3.8) is 0 Å². The van der Waals surface area contributed by atoms with E-state index in [9.17, 15) is 14.4 Å². The van der Waals surface area contributed by atoms with Crippen molar-refractivity contribution in [2.75, 3.05) is 13.7 Å². The summed E-state index contributed by atoms with van der Waals surface area (Å²) in [6.45, 7) is 14.0. The quantitative estimate of drug-likeness (QED) is 0.216. The fourth-order valence-electron chi connectivity index (χ4n) is 2.24. The van der Waals surface area contributed by atoms with Crippen molar-refractivity contribution >= 4 is 24.0 Å². The Balaban J connectivity index is 5.75. The van der Waals surface area contributed by atoms with Crippen LogP contribution in [0.1, 0.15) is 68.2 Å². The van der Waals surface area contributed by atoms with Crippen molar-refractivity contribution in [1.29, 1.82) is 0 Å². The zero-order chi connectivity index (χ0) is 23.7. The maximum absolute atomic E-state index is 12.8. The van der Waals surface area contributed by atoms with Gasteiger partial charge in [-0.2, -0.15) is 4.90 Å². The van der Waals surface area contributed by atoms with E-state index in [0.717, 1.165) is 5.57 Å². The Morgan fingerprint density at radius 2 is 1.47 bits per heavy atom. The molecule has 0 aliphatic rings.